The number of carbonyl (C=O) groups excluding carboxylic acids is 3. The molecule has 3 atom stereocenters. The zero-order chi connectivity index (χ0) is 19.4. The van der Waals surface area contributed by atoms with Crippen LogP contribution in [-0.2, 0) is 28.6 Å². The van der Waals surface area contributed by atoms with E-state index in [0.29, 0.717) is 29.6 Å². The Balaban J connectivity index is 2.44. The summed E-state index contributed by atoms with van der Waals surface area (Å²) in [5.41, 5.74) is 2.22. The molecule has 0 spiro atoms. The van der Waals surface area contributed by atoms with E-state index in [1.54, 1.807) is 13.0 Å². The first-order chi connectivity index (χ1) is 12.2. The van der Waals surface area contributed by atoms with E-state index in [1.165, 1.54) is 13.8 Å². The Morgan fingerprint density at radius 1 is 1.23 bits per heavy atom. The summed E-state index contributed by atoms with van der Waals surface area (Å²) in [6.07, 6.45) is 0.975. The summed E-state index contributed by atoms with van der Waals surface area (Å²) < 4.78 is 16.1. The van der Waals surface area contributed by atoms with Crippen molar-refractivity contribution in [3.05, 3.63) is 34.9 Å². The molecule has 0 saturated heterocycles. The number of aliphatic hydroxyl groups excluding tert-OH is 1. The Hall–Kier alpha value is -2.41. The highest BCUT2D eigenvalue weighted by atomic mass is 16.6. The second-order valence-corrected chi connectivity index (χ2v) is 6.49. The molecule has 2 aliphatic rings. The van der Waals surface area contributed by atoms with Gasteiger partial charge in [0, 0.05) is 20.3 Å². The largest absolute Gasteiger partial charge is 0.458 e. The van der Waals surface area contributed by atoms with Crippen LogP contribution in [0.2, 0.25) is 0 Å². The topological polar surface area (TPSA) is 99.1 Å². The first-order valence-corrected chi connectivity index (χ1v) is 8.47. The maximum absolute atomic E-state index is 12.0. The predicted molar refractivity (Wildman–Crippen MR) is 91.8 cm³/mol. The third kappa shape index (κ3) is 4.60. The Bertz CT molecular complexity index is 686. The van der Waals surface area contributed by atoms with Crippen molar-refractivity contribution in [3.8, 4) is 0 Å². The molecule has 142 valence electrons. The van der Waals surface area contributed by atoms with Crippen molar-refractivity contribution in [1.82, 2.24) is 0 Å². The molecule has 1 heterocycles. The summed E-state index contributed by atoms with van der Waals surface area (Å²) in [7, 11) is 0. The number of carbonyl (C=O) groups is 3. The minimum absolute atomic E-state index is 0.237. The molecular weight excluding hydrogens is 340 g/mol. The molecule has 0 amide bonds. The van der Waals surface area contributed by atoms with E-state index in [-0.39, 0.29) is 12.0 Å². The number of hydrogen-bond donors (Lipinski definition) is 1. The molecule has 0 aromatic rings. The van der Waals surface area contributed by atoms with E-state index in [0.717, 1.165) is 0 Å². The van der Waals surface area contributed by atoms with Crippen LogP contribution in [0.25, 0.3) is 0 Å². The van der Waals surface area contributed by atoms with Crippen LogP contribution in [-0.4, -0.2) is 47.9 Å². The Labute approximate surface area is 152 Å². The lowest BCUT2D eigenvalue weighted by molar-refractivity contribution is -0.150. The van der Waals surface area contributed by atoms with E-state index < -0.39 is 42.8 Å². The van der Waals surface area contributed by atoms with Gasteiger partial charge in [0.1, 0.15) is 18.3 Å². The first-order valence-electron chi connectivity index (χ1n) is 8.47. The number of ether oxygens (including phenoxy) is 3. The van der Waals surface area contributed by atoms with Gasteiger partial charge < -0.3 is 19.3 Å². The van der Waals surface area contributed by atoms with Gasteiger partial charge in [-0.15, -0.1) is 0 Å². The van der Waals surface area contributed by atoms with E-state index in [1.807, 2.05) is 0 Å². The number of rotatable bonds is 3. The zero-order valence-electron chi connectivity index (χ0n) is 15.2. The molecule has 0 radical (unpaired) electrons. The maximum Gasteiger partial charge on any atom is 0.337 e. The summed E-state index contributed by atoms with van der Waals surface area (Å²) >= 11 is 0. The van der Waals surface area contributed by atoms with Crippen molar-refractivity contribution in [2.24, 2.45) is 0 Å². The lowest BCUT2D eigenvalue weighted by Crippen LogP contribution is -2.30. The van der Waals surface area contributed by atoms with E-state index in [9.17, 15) is 19.5 Å². The SMILES string of the molecule is C=C1CCC2=C(CO)C(=O)O[C@@H]2/C=C(/C)[C@@H](OC(C)=O)C[C@@H]1OC(C)=O. The van der Waals surface area contributed by atoms with Gasteiger partial charge in [-0.2, -0.15) is 0 Å². The normalized spacial score (nSPS) is 28.6. The van der Waals surface area contributed by atoms with Crippen LogP contribution in [0.1, 0.15) is 40.0 Å². The van der Waals surface area contributed by atoms with Crippen molar-refractivity contribution < 1.29 is 33.7 Å². The summed E-state index contributed by atoms with van der Waals surface area (Å²) in [6.45, 7) is 7.95. The molecule has 26 heavy (non-hydrogen) atoms. The highest BCUT2D eigenvalue weighted by Gasteiger charge is 2.35. The van der Waals surface area contributed by atoms with Gasteiger partial charge in [0.05, 0.1) is 12.2 Å². The van der Waals surface area contributed by atoms with Crippen LogP contribution >= 0.6 is 0 Å². The molecule has 0 fully saturated rings. The second-order valence-electron chi connectivity index (χ2n) is 6.49. The standard InChI is InChI=1S/C19H24O7/c1-10-5-6-14-15(9-20)19(23)26-18(14)7-11(2)17(25-13(4)22)8-16(10)24-12(3)21/h7,16-18,20H,1,5-6,8-9H2,2-4H3/b11-7-/t16-,17-,18+/m0/s1. The summed E-state index contributed by atoms with van der Waals surface area (Å²) in [6, 6.07) is 0. The molecule has 2 rings (SSSR count). The van der Waals surface area contributed by atoms with E-state index in [4.69, 9.17) is 14.2 Å². The zero-order valence-corrected chi connectivity index (χ0v) is 15.2. The number of fused-ring (bicyclic) bond motifs is 1. The van der Waals surface area contributed by atoms with Crippen LogP contribution in [0, 0.1) is 0 Å². The van der Waals surface area contributed by atoms with Gasteiger partial charge in [0.15, 0.2) is 0 Å². The highest BCUT2D eigenvalue weighted by Crippen LogP contribution is 2.33. The van der Waals surface area contributed by atoms with Crippen LogP contribution in [0.4, 0.5) is 0 Å². The molecule has 1 N–H and O–H groups in total. The summed E-state index contributed by atoms with van der Waals surface area (Å²) in [4.78, 5) is 34.9. The average Bonchev–Trinajstić information content (AvgIpc) is 2.84. The lowest BCUT2D eigenvalue weighted by Gasteiger charge is -2.27. The smallest absolute Gasteiger partial charge is 0.337 e. The van der Waals surface area contributed by atoms with Crippen molar-refractivity contribution >= 4 is 17.9 Å². The van der Waals surface area contributed by atoms with E-state index in [2.05, 4.69) is 6.58 Å². The highest BCUT2D eigenvalue weighted by molar-refractivity contribution is 5.93. The number of hydrogen-bond acceptors (Lipinski definition) is 7. The molecule has 1 aliphatic carbocycles. The van der Waals surface area contributed by atoms with Gasteiger partial charge in [0.2, 0.25) is 0 Å². The van der Waals surface area contributed by atoms with Crippen LogP contribution in [0.15, 0.2) is 34.9 Å². The van der Waals surface area contributed by atoms with Gasteiger partial charge in [-0.05, 0) is 42.6 Å². The van der Waals surface area contributed by atoms with Crippen LogP contribution in [0.5, 0.6) is 0 Å². The Morgan fingerprint density at radius 3 is 2.42 bits per heavy atom. The minimum Gasteiger partial charge on any atom is -0.458 e. The Kier molecular flexibility index (Phi) is 6.37. The fourth-order valence-corrected chi connectivity index (χ4v) is 3.18. The van der Waals surface area contributed by atoms with Crippen molar-refractivity contribution in [3.63, 3.8) is 0 Å². The monoisotopic (exact) mass is 364 g/mol. The third-order valence-corrected chi connectivity index (χ3v) is 4.51. The van der Waals surface area contributed by atoms with Crippen molar-refractivity contribution in [2.45, 2.75) is 58.3 Å². The molecule has 0 bridgehead atoms. The molecular formula is C19H24O7. The molecule has 7 heteroatoms. The summed E-state index contributed by atoms with van der Waals surface area (Å²) in [5.74, 6) is -1.48. The molecule has 7 nitrogen and oxygen atoms in total. The van der Waals surface area contributed by atoms with Crippen molar-refractivity contribution in [1.29, 1.82) is 0 Å². The third-order valence-electron chi connectivity index (χ3n) is 4.51. The molecule has 1 aliphatic heterocycles. The van der Waals surface area contributed by atoms with Gasteiger partial charge in [0.25, 0.3) is 0 Å². The molecule has 0 unspecified atom stereocenters. The van der Waals surface area contributed by atoms with Crippen LogP contribution < -0.4 is 0 Å². The lowest BCUT2D eigenvalue weighted by atomic mass is 9.89. The van der Waals surface area contributed by atoms with Crippen molar-refractivity contribution in [2.75, 3.05) is 6.61 Å². The summed E-state index contributed by atoms with van der Waals surface area (Å²) in [5, 5.41) is 9.50. The molecule has 0 saturated carbocycles. The Morgan fingerprint density at radius 2 is 1.85 bits per heavy atom. The van der Waals surface area contributed by atoms with Crippen LogP contribution in [0.3, 0.4) is 0 Å². The van der Waals surface area contributed by atoms with Gasteiger partial charge in [-0.3, -0.25) is 9.59 Å². The van der Waals surface area contributed by atoms with E-state index >= 15 is 0 Å². The number of esters is 3. The van der Waals surface area contributed by atoms with Gasteiger partial charge >= 0.3 is 17.9 Å². The molecule has 0 aromatic heterocycles. The molecule has 0 aromatic carbocycles. The minimum atomic E-state index is -0.648. The first kappa shape index (κ1) is 19.9. The maximum atomic E-state index is 12.0. The average molecular weight is 364 g/mol. The van der Waals surface area contributed by atoms with Gasteiger partial charge in [-0.1, -0.05) is 6.58 Å². The second kappa shape index (κ2) is 8.31. The predicted octanol–water partition coefficient (Wildman–Crippen LogP) is 1.75. The fourth-order valence-electron chi connectivity index (χ4n) is 3.18. The number of aliphatic hydroxyl groups is 1. The quantitative estimate of drug-likeness (QED) is 0.463. The fraction of sp³-hybridized carbons (Fsp3) is 0.526. The van der Waals surface area contributed by atoms with Gasteiger partial charge in [-0.25, -0.2) is 4.79 Å².